The van der Waals surface area contributed by atoms with E-state index < -0.39 is 11.8 Å². The highest BCUT2D eigenvalue weighted by molar-refractivity contribution is 5.92. The van der Waals surface area contributed by atoms with Crippen LogP contribution in [0.25, 0.3) is 5.69 Å². The second kappa shape index (κ2) is 4.59. The molecule has 0 unspecified atom stereocenters. The van der Waals surface area contributed by atoms with Crippen LogP contribution in [0.1, 0.15) is 21.7 Å². The molecule has 0 fully saturated rings. The third-order valence-corrected chi connectivity index (χ3v) is 2.43. The number of carboxylic acids is 1. The number of carboxylic acid groups (broad SMARTS) is 1. The Kier molecular flexibility index (Phi) is 2.96. The van der Waals surface area contributed by atoms with Gasteiger partial charge in [-0.2, -0.15) is 10.5 Å². The van der Waals surface area contributed by atoms with Crippen LogP contribution in [0, 0.1) is 28.5 Å². The average Bonchev–Trinajstić information content (AvgIpc) is 2.81. The van der Waals surface area contributed by atoms with Crippen LogP contribution in [0.3, 0.4) is 0 Å². The second-order valence-electron chi connectivity index (χ2n) is 3.50. The maximum atomic E-state index is 13.1. The summed E-state index contributed by atoms with van der Waals surface area (Å²) in [7, 11) is 0. The monoisotopic (exact) mass is 256 g/mol. The minimum atomic E-state index is -1.34. The molecule has 7 heteroatoms. The first-order valence-electron chi connectivity index (χ1n) is 4.99. The molecule has 6 nitrogen and oxygen atoms in total. The molecule has 0 aliphatic rings. The first-order valence-corrected chi connectivity index (χ1v) is 4.99. The molecule has 92 valence electrons. The van der Waals surface area contributed by atoms with Crippen molar-refractivity contribution in [3.63, 3.8) is 0 Å². The normalized spacial score (nSPS) is 9.63. The van der Waals surface area contributed by atoms with Crippen molar-refractivity contribution in [2.75, 3.05) is 0 Å². The van der Waals surface area contributed by atoms with Gasteiger partial charge in [0.2, 0.25) is 0 Å². The largest absolute Gasteiger partial charge is 0.478 e. The van der Waals surface area contributed by atoms with Crippen molar-refractivity contribution in [1.29, 1.82) is 10.5 Å². The van der Waals surface area contributed by atoms with Crippen molar-refractivity contribution in [2.24, 2.45) is 0 Å². The van der Waals surface area contributed by atoms with Gasteiger partial charge in [-0.15, -0.1) is 0 Å². The van der Waals surface area contributed by atoms with Gasteiger partial charge in [0.05, 0.1) is 11.3 Å². The molecule has 0 aliphatic carbocycles. The van der Waals surface area contributed by atoms with Crippen LogP contribution in [0.2, 0.25) is 0 Å². The van der Waals surface area contributed by atoms with E-state index in [2.05, 4.69) is 4.98 Å². The van der Waals surface area contributed by atoms with Crippen LogP contribution < -0.4 is 0 Å². The number of imidazole rings is 1. The molecule has 19 heavy (non-hydrogen) atoms. The minimum absolute atomic E-state index is 0.0689. The Morgan fingerprint density at radius 1 is 1.37 bits per heavy atom. The van der Waals surface area contributed by atoms with E-state index in [0.717, 1.165) is 23.0 Å². The zero-order valence-electron chi connectivity index (χ0n) is 9.33. The number of aromatic carboxylic acids is 1. The molecule has 0 bridgehead atoms. The summed E-state index contributed by atoms with van der Waals surface area (Å²) in [4.78, 5) is 14.8. The van der Waals surface area contributed by atoms with Gasteiger partial charge in [-0.3, -0.25) is 4.57 Å². The summed E-state index contributed by atoms with van der Waals surface area (Å²) >= 11 is 0. The molecular formula is C12H5FN4O2. The van der Waals surface area contributed by atoms with Crippen LogP contribution in [-0.4, -0.2) is 20.6 Å². The lowest BCUT2D eigenvalue weighted by molar-refractivity contribution is 0.0696. The van der Waals surface area contributed by atoms with Crippen LogP contribution in [-0.2, 0) is 0 Å². The Balaban J connectivity index is 2.74. The van der Waals surface area contributed by atoms with Crippen molar-refractivity contribution in [2.45, 2.75) is 0 Å². The van der Waals surface area contributed by atoms with Crippen molar-refractivity contribution < 1.29 is 14.3 Å². The predicted octanol–water partition coefficient (Wildman–Crippen LogP) is 1.45. The zero-order chi connectivity index (χ0) is 14.0. The van der Waals surface area contributed by atoms with Gasteiger partial charge in [-0.25, -0.2) is 14.2 Å². The molecule has 0 amide bonds. The topological polar surface area (TPSA) is 103 Å². The lowest BCUT2D eigenvalue weighted by atomic mass is 10.1. The molecule has 0 saturated heterocycles. The quantitative estimate of drug-likeness (QED) is 0.875. The van der Waals surface area contributed by atoms with E-state index in [1.54, 1.807) is 12.1 Å². The van der Waals surface area contributed by atoms with E-state index in [9.17, 15) is 9.18 Å². The zero-order valence-corrected chi connectivity index (χ0v) is 9.33. The maximum Gasteiger partial charge on any atom is 0.337 e. The fraction of sp³-hybridized carbons (Fsp3) is 0. The summed E-state index contributed by atoms with van der Waals surface area (Å²) < 4.78 is 14.2. The number of hydrogen-bond donors (Lipinski definition) is 1. The summed E-state index contributed by atoms with van der Waals surface area (Å²) in [6.07, 6.45) is 1.15. The third kappa shape index (κ3) is 2.01. The van der Waals surface area contributed by atoms with E-state index in [0.29, 0.717) is 0 Å². The Bertz CT molecular complexity index is 752. The van der Waals surface area contributed by atoms with E-state index in [-0.39, 0.29) is 22.6 Å². The molecule has 2 aromatic rings. The van der Waals surface area contributed by atoms with Gasteiger partial charge in [0, 0.05) is 0 Å². The molecule has 1 N–H and O–H groups in total. The van der Waals surface area contributed by atoms with Gasteiger partial charge < -0.3 is 5.11 Å². The number of benzene rings is 1. The number of rotatable bonds is 2. The van der Waals surface area contributed by atoms with Crippen LogP contribution in [0.5, 0.6) is 0 Å². The lowest BCUT2D eigenvalue weighted by Gasteiger charge is -2.07. The van der Waals surface area contributed by atoms with Gasteiger partial charge in [-0.05, 0) is 18.2 Å². The second-order valence-corrected chi connectivity index (χ2v) is 3.50. The fourth-order valence-electron chi connectivity index (χ4n) is 1.61. The van der Waals surface area contributed by atoms with Crippen molar-refractivity contribution in [3.05, 3.63) is 47.3 Å². The van der Waals surface area contributed by atoms with Gasteiger partial charge in [0.25, 0.3) is 0 Å². The summed E-state index contributed by atoms with van der Waals surface area (Å²) in [6.45, 7) is 0. The highest BCUT2D eigenvalue weighted by Crippen LogP contribution is 2.19. The van der Waals surface area contributed by atoms with E-state index in [4.69, 9.17) is 15.6 Å². The SMILES string of the molecule is N#Cc1ncn(-c2ccc(F)cc2C(=O)O)c1C#N. The Labute approximate surface area is 106 Å². The fourth-order valence-corrected chi connectivity index (χ4v) is 1.61. The number of hydrogen-bond acceptors (Lipinski definition) is 4. The molecular weight excluding hydrogens is 251 g/mol. The number of carbonyl (C=O) groups is 1. The number of halogens is 1. The highest BCUT2D eigenvalue weighted by Gasteiger charge is 2.18. The summed E-state index contributed by atoms with van der Waals surface area (Å²) in [5.41, 5.74) is -0.474. The van der Waals surface area contributed by atoms with Crippen LogP contribution >= 0.6 is 0 Å². The Morgan fingerprint density at radius 2 is 2.11 bits per heavy atom. The molecule has 0 spiro atoms. The Hall–Kier alpha value is -3.19. The van der Waals surface area contributed by atoms with E-state index >= 15 is 0 Å². The van der Waals surface area contributed by atoms with Gasteiger partial charge in [0.15, 0.2) is 11.4 Å². The molecule has 0 saturated carbocycles. The summed E-state index contributed by atoms with van der Waals surface area (Å²) in [5.74, 6) is -2.05. The Morgan fingerprint density at radius 3 is 2.68 bits per heavy atom. The van der Waals surface area contributed by atoms with Crippen molar-refractivity contribution in [1.82, 2.24) is 9.55 Å². The molecule has 0 radical (unpaired) electrons. The van der Waals surface area contributed by atoms with Gasteiger partial charge >= 0.3 is 5.97 Å². The minimum Gasteiger partial charge on any atom is -0.478 e. The standard InChI is InChI=1S/C12H5FN4O2/c13-7-1-2-10(8(3-7)12(18)19)17-6-16-9(4-14)11(17)5-15/h1-3,6H,(H,18,19). The van der Waals surface area contributed by atoms with Crippen LogP contribution in [0.4, 0.5) is 4.39 Å². The average molecular weight is 256 g/mol. The van der Waals surface area contributed by atoms with Crippen LogP contribution in [0.15, 0.2) is 24.5 Å². The van der Waals surface area contributed by atoms with Gasteiger partial charge in [-0.1, -0.05) is 0 Å². The molecule has 1 heterocycles. The summed E-state index contributed by atoms with van der Waals surface area (Å²) in [5, 5.41) is 26.8. The van der Waals surface area contributed by atoms with Crippen molar-refractivity contribution >= 4 is 5.97 Å². The molecule has 0 atom stereocenters. The lowest BCUT2D eigenvalue weighted by Crippen LogP contribution is -2.07. The molecule has 1 aromatic heterocycles. The first kappa shape index (κ1) is 12.3. The third-order valence-electron chi connectivity index (χ3n) is 2.43. The van der Waals surface area contributed by atoms with E-state index in [1.807, 2.05) is 0 Å². The molecule has 0 aliphatic heterocycles. The van der Waals surface area contributed by atoms with E-state index in [1.165, 1.54) is 6.07 Å². The predicted molar refractivity (Wildman–Crippen MR) is 59.9 cm³/mol. The first-order chi connectivity index (χ1) is 9.08. The van der Waals surface area contributed by atoms with Crippen molar-refractivity contribution in [3.8, 4) is 17.8 Å². The molecule has 1 aromatic carbocycles. The van der Waals surface area contributed by atoms with Gasteiger partial charge in [0.1, 0.15) is 24.3 Å². The number of nitrogens with zero attached hydrogens (tertiary/aromatic N) is 4. The highest BCUT2D eigenvalue weighted by atomic mass is 19.1. The molecule has 2 rings (SSSR count). The smallest absolute Gasteiger partial charge is 0.337 e. The maximum absolute atomic E-state index is 13.1. The number of aromatic nitrogens is 2. The number of nitriles is 2. The summed E-state index contributed by atoms with van der Waals surface area (Å²) in [6, 6.07) is 6.60.